The molecule has 0 saturated carbocycles. The zero-order valence-corrected chi connectivity index (χ0v) is 12.0. The smallest absolute Gasteiger partial charge is 0.0144 e. The van der Waals surface area contributed by atoms with E-state index in [-0.39, 0.29) is 0 Å². The van der Waals surface area contributed by atoms with E-state index in [9.17, 15) is 0 Å². The van der Waals surface area contributed by atoms with E-state index in [1.165, 1.54) is 65.0 Å². The number of fused-ring (bicyclic) bond motifs is 1. The van der Waals surface area contributed by atoms with Gasteiger partial charge in [0.05, 0.1) is 0 Å². The Morgan fingerprint density at radius 2 is 1.72 bits per heavy atom. The molecule has 2 aliphatic heterocycles. The first-order chi connectivity index (χ1) is 8.81. The van der Waals surface area contributed by atoms with Crippen LogP contribution < -0.4 is 0 Å². The van der Waals surface area contributed by atoms with Crippen LogP contribution in [0.2, 0.25) is 0 Å². The molecule has 3 aliphatic rings. The Balaban J connectivity index is 1.43. The Hall–Kier alpha value is -0.0500. The van der Waals surface area contributed by atoms with Crippen molar-refractivity contribution in [2.45, 2.75) is 32.1 Å². The summed E-state index contributed by atoms with van der Waals surface area (Å²) in [7, 11) is 0. The molecular formula is C15H25ClN2. The van der Waals surface area contributed by atoms with Gasteiger partial charge in [-0.2, -0.15) is 0 Å². The Labute approximate surface area is 116 Å². The van der Waals surface area contributed by atoms with Crippen molar-refractivity contribution in [3.8, 4) is 0 Å². The molecule has 3 heteroatoms. The average molecular weight is 269 g/mol. The van der Waals surface area contributed by atoms with E-state index in [0.29, 0.717) is 0 Å². The van der Waals surface area contributed by atoms with Crippen molar-refractivity contribution in [2.75, 3.05) is 39.3 Å². The molecule has 0 spiro atoms. The SMILES string of the molecule is ClC1=CC[C@H]2CN(CCN3CCCCC3)C[C@@H]2C1. The summed E-state index contributed by atoms with van der Waals surface area (Å²) in [6, 6.07) is 0. The van der Waals surface area contributed by atoms with Crippen LogP contribution >= 0.6 is 11.6 Å². The van der Waals surface area contributed by atoms with E-state index in [1.807, 2.05) is 0 Å². The monoisotopic (exact) mass is 268 g/mol. The highest BCUT2D eigenvalue weighted by Crippen LogP contribution is 2.36. The highest BCUT2D eigenvalue weighted by molar-refractivity contribution is 6.29. The van der Waals surface area contributed by atoms with Gasteiger partial charge in [0.1, 0.15) is 0 Å². The molecule has 3 rings (SSSR count). The third-order valence-electron chi connectivity index (χ3n) is 4.93. The van der Waals surface area contributed by atoms with Crippen LogP contribution in [0.15, 0.2) is 11.1 Å². The second-order valence-electron chi connectivity index (χ2n) is 6.27. The minimum absolute atomic E-state index is 0.837. The largest absolute Gasteiger partial charge is 0.302 e. The lowest BCUT2D eigenvalue weighted by Crippen LogP contribution is -2.37. The van der Waals surface area contributed by atoms with Crippen LogP contribution in [0.3, 0.4) is 0 Å². The molecule has 2 nitrogen and oxygen atoms in total. The molecule has 0 radical (unpaired) electrons. The van der Waals surface area contributed by atoms with Gasteiger partial charge in [-0.3, -0.25) is 0 Å². The fourth-order valence-corrected chi connectivity index (χ4v) is 4.08. The van der Waals surface area contributed by atoms with Crippen molar-refractivity contribution >= 4 is 11.6 Å². The second kappa shape index (κ2) is 5.94. The topological polar surface area (TPSA) is 6.48 Å². The molecule has 2 heterocycles. The van der Waals surface area contributed by atoms with Crippen molar-refractivity contribution in [3.05, 3.63) is 11.1 Å². The van der Waals surface area contributed by atoms with Gasteiger partial charge in [0.25, 0.3) is 0 Å². The van der Waals surface area contributed by atoms with Crippen LogP contribution in [0.4, 0.5) is 0 Å². The first-order valence-corrected chi connectivity index (χ1v) is 7.98. The van der Waals surface area contributed by atoms with Crippen LogP contribution in [0.1, 0.15) is 32.1 Å². The van der Waals surface area contributed by atoms with E-state index in [1.54, 1.807) is 0 Å². The fourth-order valence-electron chi connectivity index (χ4n) is 3.80. The minimum Gasteiger partial charge on any atom is -0.302 e. The minimum atomic E-state index is 0.837. The predicted molar refractivity (Wildman–Crippen MR) is 76.9 cm³/mol. The number of allylic oxidation sites excluding steroid dienone is 2. The van der Waals surface area contributed by atoms with E-state index in [4.69, 9.17) is 11.6 Å². The van der Waals surface area contributed by atoms with Crippen LogP contribution in [-0.4, -0.2) is 49.1 Å². The summed E-state index contributed by atoms with van der Waals surface area (Å²) < 4.78 is 0. The third-order valence-corrected chi connectivity index (χ3v) is 5.24. The van der Waals surface area contributed by atoms with Crippen molar-refractivity contribution in [1.82, 2.24) is 9.80 Å². The number of hydrogen-bond donors (Lipinski definition) is 0. The van der Waals surface area contributed by atoms with Gasteiger partial charge >= 0.3 is 0 Å². The first kappa shape index (κ1) is 13.0. The number of likely N-dealkylation sites (tertiary alicyclic amines) is 2. The maximum Gasteiger partial charge on any atom is 0.0144 e. The van der Waals surface area contributed by atoms with E-state index >= 15 is 0 Å². The highest BCUT2D eigenvalue weighted by atomic mass is 35.5. The highest BCUT2D eigenvalue weighted by Gasteiger charge is 2.34. The number of hydrogen-bond acceptors (Lipinski definition) is 2. The Morgan fingerprint density at radius 3 is 2.56 bits per heavy atom. The Morgan fingerprint density at radius 1 is 1.00 bits per heavy atom. The summed E-state index contributed by atoms with van der Waals surface area (Å²) in [4.78, 5) is 5.32. The van der Waals surface area contributed by atoms with Gasteiger partial charge in [0.2, 0.25) is 0 Å². The average Bonchev–Trinajstić information content (AvgIpc) is 2.79. The third kappa shape index (κ3) is 3.09. The number of halogens is 1. The van der Waals surface area contributed by atoms with Gasteiger partial charge in [-0.1, -0.05) is 24.1 Å². The standard InChI is InChI=1S/C15H25ClN2/c16-15-5-4-13-11-18(12-14(13)10-15)9-8-17-6-2-1-3-7-17/h5,13-14H,1-4,6-12H2/t13-,14-/m0/s1. The fraction of sp³-hybridized carbons (Fsp3) is 0.867. The lowest BCUT2D eigenvalue weighted by Gasteiger charge is -2.28. The Kier molecular flexibility index (Phi) is 4.27. The van der Waals surface area contributed by atoms with Gasteiger partial charge in [0, 0.05) is 31.2 Å². The molecule has 1 aliphatic carbocycles. The van der Waals surface area contributed by atoms with Gasteiger partial charge in [-0.05, 0) is 50.6 Å². The zero-order chi connectivity index (χ0) is 12.4. The van der Waals surface area contributed by atoms with Gasteiger partial charge in [0.15, 0.2) is 0 Å². The molecule has 0 aromatic rings. The summed E-state index contributed by atoms with van der Waals surface area (Å²) in [6.45, 7) is 7.79. The van der Waals surface area contributed by atoms with Gasteiger partial charge in [-0.25, -0.2) is 0 Å². The van der Waals surface area contributed by atoms with Crippen molar-refractivity contribution in [3.63, 3.8) is 0 Å². The molecule has 2 atom stereocenters. The van der Waals surface area contributed by atoms with Crippen LogP contribution in [0, 0.1) is 11.8 Å². The lowest BCUT2D eigenvalue weighted by molar-refractivity contribution is 0.193. The maximum atomic E-state index is 6.16. The Bertz CT molecular complexity index is 310. The van der Waals surface area contributed by atoms with Crippen molar-refractivity contribution < 1.29 is 0 Å². The summed E-state index contributed by atoms with van der Waals surface area (Å²) >= 11 is 6.16. The lowest BCUT2D eigenvalue weighted by atomic mass is 9.86. The summed E-state index contributed by atoms with van der Waals surface area (Å²) in [5.74, 6) is 1.72. The normalized spacial score (nSPS) is 34.4. The van der Waals surface area contributed by atoms with E-state index in [0.717, 1.165) is 23.3 Å². The molecular weight excluding hydrogens is 244 g/mol. The van der Waals surface area contributed by atoms with Crippen molar-refractivity contribution in [2.24, 2.45) is 11.8 Å². The molecule has 0 unspecified atom stereocenters. The zero-order valence-electron chi connectivity index (χ0n) is 11.3. The summed E-state index contributed by atoms with van der Waals surface area (Å²) in [5.41, 5.74) is 0. The van der Waals surface area contributed by atoms with Crippen molar-refractivity contribution in [1.29, 1.82) is 0 Å². The molecule has 2 saturated heterocycles. The number of rotatable bonds is 3. The molecule has 0 aromatic heterocycles. The van der Waals surface area contributed by atoms with Gasteiger partial charge in [-0.15, -0.1) is 0 Å². The summed E-state index contributed by atoms with van der Waals surface area (Å²) in [5, 5.41) is 1.11. The van der Waals surface area contributed by atoms with Crippen LogP contribution in [0.5, 0.6) is 0 Å². The molecule has 0 amide bonds. The van der Waals surface area contributed by atoms with E-state index < -0.39 is 0 Å². The molecule has 2 fully saturated rings. The molecule has 0 N–H and O–H groups in total. The van der Waals surface area contributed by atoms with Crippen LogP contribution in [0.25, 0.3) is 0 Å². The summed E-state index contributed by atoms with van der Waals surface area (Å²) in [6.07, 6.45) is 8.84. The van der Waals surface area contributed by atoms with Gasteiger partial charge < -0.3 is 9.80 Å². The first-order valence-electron chi connectivity index (χ1n) is 7.60. The number of nitrogens with zero attached hydrogens (tertiary/aromatic N) is 2. The maximum absolute atomic E-state index is 6.16. The number of piperidine rings is 1. The molecule has 102 valence electrons. The second-order valence-corrected chi connectivity index (χ2v) is 6.76. The molecule has 18 heavy (non-hydrogen) atoms. The van der Waals surface area contributed by atoms with E-state index in [2.05, 4.69) is 15.9 Å². The predicted octanol–water partition coefficient (Wildman–Crippen LogP) is 2.94. The quantitative estimate of drug-likeness (QED) is 0.777. The molecule has 0 aromatic carbocycles. The van der Waals surface area contributed by atoms with Crippen LogP contribution in [-0.2, 0) is 0 Å². The molecule has 0 bridgehead atoms.